The first-order valence-corrected chi connectivity index (χ1v) is 9.91. The number of esters is 1. The molecule has 0 amide bonds. The third-order valence-electron chi connectivity index (χ3n) is 4.51. The van der Waals surface area contributed by atoms with Gasteiger partial charge in [-0.15, -0.1) is 11.3 Å². The molecule has 0 aliphatic rings. The third-order valence-corrected chi connectivity index (χ3v) is 5.75. The number of nitro groups is 1. The normalized spacial score (nSPS) is 11.2. The fourth-order valence-electron chi connectivity index (χ4n) is 2.89. The van der Waals surface area contributed by atoms with Crippen molar-refractivity contribution in [2.45, 2.75) is 20.8 Å². The van der Waals surface area contributed by atoms with Gasteiger partial charge in [0.15, 0.2) is 0 Å². The smallest absolute Gasteiger partial charge is 0.339 e. The van der Waals surface area contributed by atoms with Crippen LogP contribution in [-0.4, -0.2) is 17.5 Å². The molecule has 0 atom stereocenters. The maximum absolute atomic E-state index is 12.4. The van der Waals surface area contributed by atoms with Gasteiger partial charge in [0, 0.05) is 28.6 Å². The standard InChI is InChI=1S/C22H18N2O5S/c1-4-28-22(25)20-13(2)14(3)30-21(20)16(12-23)11-18-9-10-19(29-18)15-5-7-17(8-6-15)24(26)27/h5-11H,4H2,1-3H3. The third kappa shape index (κ3) is 4.16. The summed E-state index contributed by atoms with van der Waals surface area (Å²) < 4.78 is 11.0. The number of furan rings is 1. The van der Waals surface area contributed by atoms with E-state index in [9.17, 15) is 20.2 Å². The summed E-state index contributed by atoms with van der Waals surface area (Å²) in [5.74, 6) is 0.484. The summed E-state index contributed by atoms with van der Waals surface area (Å²) in [4.78, 5) is 24.2. The molecular weight excluding hydrogens is 404 g/mol. The Bertz CT molecular complexity index is 1180. The first kappa shape index (κ1) is 21.0. The number of non-ortho nitro benzene ring substituents is 1. The highest BCUT2D eigenvalue weighted by Crippen LogP contribution is 2.35. The first-order chi connectivity index (χ1) is 14.3. The van der Waals surface area contributed by atoms with E-state index in [4.69, 9.17) is 9.15 Å². The van der Waals surface area contributed by atoms with Gasteiger partial charge in [-0.25, -0.2) is 4.79 Å². The van der Waals surface area contributed by atoms with Crippen LogP contribution in [0.25, 0.3) is 23.0 Å². The van der Waals surface area contributed by atoms with Crippen molar-refractivity contribution in [1.29, 1.82) is 5.26 Å². The van der Waals surface area contributed by atoms with Crippen molar-refractivity contribution in [2.24, 2.45) is 0 Å². The molecule has 152 valence electrons. The van der Waals surface area contributed by atoms with E-state index in [-0.39, 0.29) is 12.3 Å². The van der Waals surface area contributed by atoms with Gasteiger partial charge in [0.25, 0.3) is 5.69 Å². The topological polar surface area (TPSA) is 106 Å². The minimum absolute atomic E-state index is 0.00729. The number of hydrogen-bond donors (Lipinski definition) is 0. The summed E-state index contributed by atoms with van der Waals surface area (Å²) in [7, 11) is 0. The second-order valence-corrected chi connectivity index (χ2v) is 7.61. The van der Waals surface area contributed by atoms with Crippen molar-refractivity contribution in [3.8, 4) is 17.4 Å². The van der Waals surface area contributed by atoms with Crippen molar-refractivity contribution in [1.82, 2.24) is 0 Å². The van der Waals surface area contributed by atoms with Crippen LogP contribution in [-0.2, 0) is 4.74 Å². The van der Waals surface area contributed by atoms with Crippen LogP contribution in [0.4, 0.5) is 5.69 Å². The van der Waals surface area contributed by atoms with Crippen LogP contribution in [0.5, 0.6) is 0 Å². The molecule has 3 aromatic rings. The Hall–Kier alpha value is -3.70. The molecule has 3 rings (SSSR count). The van der Waals surface area contributed by atoms with Crippen LogP contribution in [0.2, 0.25) is 0 Å². The predicted molar refractivity (Wildman–Crippen MR) is 114 cm³/mol. The van der Waals surface area contributed by atoms with E-state index >= 15 is 0 Å². The number of aryl methyl sites for hydroxylation is 1. The fraction of sp³-hybridized carbons (Fsp3) is 0.182. The number of hydrogen-bond acceptors (Lipinski definition) is 7. The van der Waals surface area contributed by atoms with Crippen LogP contribution in [0.15, 0.2) is 40.8 Å². The maximum atomic E-state index is 12.4. The Morgan fingerprint density at radius 3 is 2.57 bits per heavy atom. The second-order valence-electron chi connectivity index (χ2n) is 6.38. The van der Waals surface area contributed by atoms with Gasteiger partial charge in [0.1, 0.15) is 17.6 Å². The minimum Gasteiger partial charge on any atom is -0.462 e. The number of carbonyl (C=O) groups excluding carboxylic acids is 1. The molecule has 0 saturated carbocycles. The predicted octanol–water partition coefficient (Wildman–Crippen LogP) is 5.77. The molecule has 2 aromatic heterocycles. The number of rotatable bonds is 6. The lowest BCUT2D eigenvalue weighted by Gasteiger charge is -2.04. The zero-order valence-electron chi connectivity index (χ0n) is 16.6. The van der Waals surface area contributed by atoms with Gasteiger partial charge >= 0.3 is 5.97 Å². The number of benzene rings is 1. The van der Waals surface area contributed by atoms with E-state index in [1.165, 1.54) is 23.5 Å². The summed E-state index contributed by atoms with van der Waals surface area (Å²) in [5, 5.41) is 20.5. The molecule has 8 heteroatoms. The van der Waals surface area contributed by atoms with Crippen molar-refractivity contribution in [2.75, 3.05) is 6.61 Å². The summed E-state index contributed by atoms with van der Waals surface area (Å²) in [5.41, 5.74) is 2.15. The largest absolute Gasteiger partial charge is 0.462 e. The Morgan fingerprint density at radius 1 is 1.27 bits per heavy atom. The summed E-state index contributed by atoms with van der Waals surface area (Å²) in [6.45, 7) is 5.70. The Balaban J connectivity index is 1.97. The molecule has 30 heavy (non-hydrogen) atoms. The van der Waals surface area contributed by atoms with Gasteiger partial charge in [-0.05, 0) is 50.6 Å². The zero-order valence-corrected chi connectivity index (χ0v) is 17.4. The Morgan fingerprint density at radius 2 is 1.97 bits per heavy atom. The molecule has 0 unspecified atom stereocenters. The molecule has 0 radical (unpaired) electrons. The van der Waals surface area contributed by atoms with Crippen molar-refractivity contribution >= 4 is 34.6 Å². The Labute approximate surface area is 177 Å². The number of carbonyl (C=O) groups is 1. The van der Waals surface area contributed by atoms with Crippen molar-refractivity contribution < 1.29 is 18.9 Å². The minimum atomic E-state index is -0.467. The molecule has 0 saturated heterocycles. The highest BCUT2D eigenvalue weighted by molar-refractivity contribution is 7.13. The molecule has 0 bridgehead atoms. The van der Waals surface area contributed by atoms with Gasteiger partial charge in [0.05, 0.1) is 27.5 Å². The molecule has 1 aromatic carbocycles. The number of ether oxygens (including phenoxy) is 1. The van der Waals surface area contributed by atoms with Crippen LogP contribution in [0.1, 0.15) is 38.4 Å². The summed E-state index contributed by atoms with van der Waals surface area (Å²) in [6, 6.07) is 11.6. The van der Waals surface area contributed by atoms with E-state index in [1.54, 1.807) is 37.3 Å². The molecule has 0 N–H and O–H groups in total. The van der Waals surface area contributed by atoms with Crippen molar-refractivity contribution in [3.05, 3.63) is 73.2 Å². The zero-order chi connectivity index (χ0) is 21.8. The van der Waals surface area contributed by atoms with Crippen LogP contribution in [0.3, 0.4) is 0 Å². The van der Waals surface area contributed by atoms with Crippen LogP contribution < -0.4 is 0 Å². The van der Waals surface area contributed by atoms with E-state index in [1.807, 2.05) is 13.8 Å². The average molecular weight is 422 g/mol. The lowest BCUT2D eigenvalue weighted by atomic mass is 10.1. The molecule has 0 aliphatic heterocycles. The first-order valence-electron chi connectivity index (χ1n) is 9.09. The highest BCUT2D eigenvalue weighted by Gasteiger charge is 2.23. The Kier molecular flexibility index (Phi) is 6.14. The van der Waals surface area contributed by atoms with E-state index in [0.717, 1.165) is 10.4 Å². The molecule has 7 nitrogen and oxygen atoms in total. The molecular formula is C22H18N2O5S. The number of nitro benzene ring substituents is 1. The lowest BCUT2D eigenvalue weighted by molar-refractivity contribution is -0.384. The van der Waals surface area contributed by atoms with Crippen molar-refractivity contribution in [3.63, 3.8) is 0 Å². The lowest BCUT2D eigenvalue weighted by Crippen LogP contribution is -2.07. The van der Waals surface area contributed by atoms with Gasteiger partial charge < -0.3 is 9.15 Å². The van der Waals surface area contributed by atoms with Crippen LogP contribution in [0, 0.1) is 35.3 Å². The van der Waals surface area contributed by atoms with Gasteiger partial charge in [-0.2, -0.15) is 5.26 Å². The number of nitrogens with zero attached hydrogens (tertiary/aromatic N) is 2. The quantitative estimate of drug-likeness (QED) is 0.216. The van der Waals surface area contributed by atoms with Gasteiger partial charge in [-0.1, -0.05) is 0 Å². The maximum Gasteiger partial charge on any atom is 0.339 e. The summed E-state index contributed by atoms with van der Waals surface area (Å²) >= 11 is 1.36. The van der Waals surface area contributed by atoms with Crippen LogP contribution >= 0.6 is 11.3 Å². The van der Waals surface area contributed by atoms with E-state index in [2.05, 4.69) is 6.07 Å². The number of nitriles is 1. The van der Waals surface area contributed by atoms with E-state index in [0.29, 0.717) is 33.1 Å². The monoisotopic (exact) mass is 422 g/mol. The van der Waals surface area contributed by atoms with Gasteiger partial charge in [-0.3, -0.25) is 10.1 Å². The highest BCUT2D eigenvalue weighted by atomic mass is 32.1. The molecule has 0 spiro atoms. The van der Waals surface area contributed by atoms with E-state index < -0.39 is 10.9 Å². The SMILES string of the molecule is CCOC(=O)c1c(C(C#N)=Cc2ccc(-c3ccc([N+](=O)[O-])cc3)o2)sc(C)c1C. The average Bonchev–Trinajstić information content (AvgIpc) is 3.31. The van der Waals surface area contributed by atoms with Gasteiger partial charge in [0.2, 0.25) is 0 Å². The fourth-order valence-corrected chi connectivity index (χ4v) is 4.00. The molecule has 2 heterocycles. The summed E-state index contributed by atoms with van der Waals surface area (Å²) in [6.07, 6.45) is 1.57. The number of allylic oxidation sites excluding steroid dienone is 1. The second kappa shape index (κ2) is 8.76. The molecule has 0 aliphatic carbocycles. The number of thiophene rings is 1. The molecule has 0 fully saturated rings.